The van der Waals surface area contributed by atoms with Gasteiger partial charge in [0.2, 0.25) is 17.7 Å². The summed E-state index contributed by atoms with van der Waals surface area (Å²) in [5, 5.41) is 19.9. The molecule has 0 fully saturated rings. The molecule has 0 aliphatic carbocycles. The van der Waals surface area contributed by atoms with Crippen molar-refractivity contribution < 1.29 is 29.0 Å². The zero-order valence-corrected chi connectivity index (χ0v) is 26.7. The molecule has 236 valence electrons. The summed E-state index contributed by atoms with van der Waals surface area (Å²) in [6.45, 7) is 15.3. The van der Waals surface area contributed by atoms with Crippen molar-refractivity contribution in [1.82, 2.24) is 16.0 Å². The van der Waals surface area contributed by atoms with Crippen molar-refractivity contribution in [2.75, 3.05) is 18.0 Å². The summed E-state index contributed by atoms with van der Waals surface area (Å²) in [4.78, 5) is 52.6. The molecule has 1 unspecified atom stereocenters. The number of hydrogen-bond donors (Lipinski definition) is 4. The summed E-state index contributed by atoms with van der Waals surface area (Å²) in [6.07, 6.45) is 1.31. The fraction of sp³-hybridized carbons (Fsp3) is 0.688. The van der Waals surface area contributed by atoms with Crippen molar-refractivity contribution in [1.29, 1.82) is 0 Å². The van der Waals surface area contributed by atoms with Crippen LogP contribution in [-0.2, 0) is 25.5 Å². The number of nitrogens with one attached hydrogen (secondary N) is 3. The van der Waals surface area contributed by atoms with E-state index >= 15 is 0 Å². The number of nitrogens with zero attached hydrogens (tertiary/aromatic N) is 1. The summed E-state index contributed by atoms with van der Waals surface area (Å²) in [5.41, 5.74) is 0.440. The number of hydrogen-bond acceptors (Lipinski definition) is 6. The number of anilines is 1. The van der Waals surface area contributed by atoms with E-state index in [-0.39, 0.29) is 43.0 Å². The van der Waals surface area contributed by atoms with E-state index in [2.05, 4.69) is 16.0 Å². The van der Waals surface area contributed by atoms with Crippen LogP contribution in [0.2, 0.25) is 0 Å². The van der Waals surface area contributed by atoms with Gasteiger partial charge in [-0.3, -0.25) is 14.4 Å². The number of rotatable bonds is 13. The van der Waals surface area contributed by atoms with Gasteiger partial charge in [-0.25, -0.2) is 4.79 Å². The van der Waals surface area contributed by atoms with Crippen molar-refractivity contribution >= 4 is 29.5 Å². The number of para-hydroxylation sites is 1. The second-order valence-corrected chi connectivity index (χ2v) is 13.4. The summed E-state index contributed by atoms with van der Waals surface area (Å²) in [7, 11) is 0. The molecule has 1 aliphatic rings. The summed E-state index contributed by atoms with van der Waals surface area (Å²) in [5.74, 6) is -0.882. The van der Waals surface area contributed by atoms with E-state index in [1.807, 2.05) is 45.0 Å². The molecule has 10 heteroatoms. The van der Waals surface area contributed by atoms with Crippen molar-refractivity contribution in [3.8, 4) is 0 Å². The number of fused-ring (bicyclic) bond motifs is 1. The Morgan fingerprint density at radius 2 is 1.79 bits per heavy atom. The van der Waals surface area contributed by atoms with Crippen LogP contribution in [-0.4, -0.2) is 65.8 Å². The number of amides is 4. The van der Waals surface area contributed by atoms with Crippen molar-refractivity contribution in [3.05, 3.63) is 29.8 Å². The molecule has 2 rings (SSSR count). The molecular weight excluding hydrogens is 536 g/mol. The summed E-state index contributed by atoms with van der Waals surface area (Å²) >= 11 is 0. The number of unbranched alkanes of at least 4 members (excludes halogenated alkanes) is 1. The maximum absolute atomic E-state index is 13.7. The molecule has 1 heterocycles. The molecular formula is C32H52N4O6. The van der Waals surface area contributed by atoms with Crippen molar-refractivity contribution in [2.24, 2.45) is 11.3 Å². The molecule has 42 heavy (non-hydrogen) atoms. The predicted octanol–water partition coefficient (Wildman–Crippen LogP) is 4.08. The molecule has 0 saturated heterocycles. The second kappa shape index (κ2) is 15.4. The van der Waals surface area contributed by atoms with E-state index in [1.54, 1.807) is 32.6 Å². The molecule has 0 saturated carbocycles. The molecule has 4 atom stereocenters. The van der Waals surface area contributed by atoms with Gasteiger partial charge in [0.1, 0.15) is 5.60 Å². The van der Waals surface area contributed by atoms with Crippen LogP contribution in [0.5, 0.6) is 0 Å². The lowest BCUT2D eigenvalue weighted by Crippen LogP contribution is -2.51. The Labute approximate surface area is 251 Å². The molecule has 0 spiro atoms. The van der Waals surface area contributed by atoms with Gasteiger partial charge >= 0.3 is 6.09 Å². The van der Waals surface area contributed by atoms with Gasteiger partial charge in [-0.2, -0.15) is 0 Å². The van der Waals surface area contributed by atoms with Gasteiger partial charge < -0.3 is 30.7 Å². The molecule has 0 aromatic heterocycles. The number of carbonyl (C=O) groups excluding carboxylic acids is 4. The third-order valence-electron chi connectivity index (χ3n) is 7.30. The number of aliphatic hydroxyl groups is 1. The van der Waals surface area contributed by atoms with Gasteiger partial charge in [-0.05, 0) is 63.5 Å². The van der Waals surface area contributed by atoms with E-state index in [4.69, 9.17) is 4.74 Å². The monoisotopic (exact) mass is 588 g/mol. The smallest absolute Gasteiger partial charge is 0.407 e. The zero-order valence-electron chi connectivity index (χ0n) is 26.7. The number of alkyl carbamates (subject to hydrolysis) is 1. The van der Waals surface area contributed by atoms with Crippen molar-refractivity contribution in [2.45, 2.75) is 118 Å². The molecule has 1 aliphatic heterocycles. The molecule has 4 N–H and O–H groups in total. The maximum atomic E-state index is 13.7. The minimum atomic E-state index is -1.04. The maximum Gasteiger partial charge on any atom is 0.407 e. The van der Waals surface area contributed by atoms with Crippen LogP contribution in [0.15, 0.2) is 24.3 Å². The molecule has 0 bridgehead atoms. The first-order valence-corrected chi connectivity index (χ1v) is 15.1. The minimum Gasteiger partial charge on any atom is -0.444 e. The van der Waals surface area contributed by atoms with E-state index < -0.39 is 35.2 Å². The lowest BCUT2D eigenvalue weighted by atomic mass is 9.79. The lowest BCUT2D eigenvalue weighted by Gasteiger charge is -2.38. The Kier molecular flexibility index (Phi) is 12.8. The standard InChI is InChI=1S/C32H52N4O6/c1-9-10-15-33-29(40)21(2)16-27(38)25(35-30(41)42-31(4,5)6)18-32(7,8)19-28(39)36-20-24(34-22(3)37)17-23-13-11-12-14-26(23)36/h11-14,21,24-25,27,38H,9-10,15-20H2,1-8H3,(H,33,40)(H,34,37)(H,35,41)/t21-,24?,25+,27+/m1/s1. The SMILES string of the molecule is CCCCNC(=O)[C@H](C)C[C@H](O)[C@H](CC(C)(C)CC(=O)N1CC(NC(C)=O)Cc2ccccc21)NC(=O)OC(C)(C)C. The Bertz CT molecular complexity index is 1080. The van der Waals surface area contributed by atoms with Gasteiger partial charge in [0, 0.05) is 38.0 Å². The number of aliphatic hydroxyl groups excluding tert-OH is 1. The number of carbonyl (C=O) groups is 4. The van der Waals surface area contributed by atoms with Gasteiger partial charge in [-0.15, -0.1) is 0 Å². The van der Waals surface area contributed by atoms with Gasteiger partial charge in [0.05, 0.1) is 18.2 Å². The number of ether oxygens (including phenoxy) is 1. The quantitative estimate of drug-likeness (QED) is 0.256. The largest absolute Gasteiger partial charge is 0.444 e. The molecule has 10 nitrogen and oxygen atoms in total. The Morgan fingerprint density at radius 1 is 1.12 bits per heavy atom. The van der Waals surface area contributed by atoms with Crippen LogP contribution in [0.3, 0.4) is 0 Å². The predicted molar refractivity (Wildman–Crippen MR) is 164 cm³/mol. The third-order valence-corrected chi connectivity index (χ3v) is 7.30. The average Bonchev–Trinajstić information content (AvgIpc) is 2.85. The first-order chi connectivity index (χ1) is 19.5. The highest BCUT2D eigenvalue weighted by atomic mass is 16.6. The van der Waals surface area contributed by atoms with Crippen LogP contribution in [0, 0.1) is 11.3 Å². The highest BCUT2D eigenvalue weighted by Gasteiger charge is 2.36. The third kappa shape index (κ3) is 11.6. The van der Waals surface area contributed by atoms with Gasteiger partial charge in [-0.1, -0.05) is 52.3 Å². The topological polar surface area (TPSA) is 137 Å². The zero-order chi connectivity index (χ0) is 31.7. The Balaban J connectivity index is 2.20. The fourth-order valence-electron chi connectivity index (χ4n) is 5.33. The summed E-state index contributed by atoms with van der Waals surface area (Å²) < 4.78 is 5.46. The van der Waals surface area contributed by atoms with Crippen molar-refractivity contribution in [3.63, 3.8) is 0 Å². The van der Waals surface area contributed by atoms with E-state index in [0.717, 1.165) is 24.1 Å². The van der Waals surface area contributed by atoms with Crippen LogP contribution in [0.1, 0.15) is 93.1 Å². The Morgan fingerprint density at radius 3 is 2.40 bits per heavy atom. The highest BCUT2D eigenvalue weighted by molar-refractivity contribution is 5.95. The second-order valence-electron chi connectivity index (χ2n) is 13.4. The normalized spacial score (nSPS) is 17.4. The van der Waals surface area contributed by atoms with E-state index in [9.17, 15) is 24.3 Å². The minimum absolute atomic E-state index is 0.114. The van der Waals surface area contributed by atoms with E-state index in [1.165, 1.54) is 6.92 Å². The van der Waals surface area contributed by atoms with Crippen LogP contribution >= 0.6 is 0 Å². The molecule has 1 aromatic carbocycles. The van der Waals surface area contributed by atoms with Crippen LogP contribution < -0.4 is 20.9 Å². The fourth-order valence-corrected chi connectivity index (χ4v) is 5.33. The number of benzene rings is 1. The Hall–Kier alpha value is -3.14. The lowest BCUT2D eigenvalue weighted by molar-refractivity contribution is -0.125. The van der Waals surface area contributed by atoms with Crippen LogP contribution in [0.4, 0.5) is 10.5 Å². The molecule has 1 aromatic rings. The van der Waals surface area contributed by atoms with Crippen LogP contribution in [0.25, 0.3) is 0 Å². The van der Waals surface area contributed by atoms with Gasteiger partial charge in [0.15, 0.2) is 0 Å². The first-order valence-electron chi connectivity index (χ1n) is 15.1. The van der Waals surface area contributed by atoms with E-state index in [0.29, 0.717) is 19.5 Å². The average molecular weight is 589 g/mol. The first kappa shape index (κ1) is 35.1. The van der Waals surface area contributed by atoms with Gasteiger partial charge in [0.25, 0.3) is 0 Å². The highest BCUT2D eigenvalue weighted by Crippen LogP contribution is 2.33. The molecule has 0 radical (unpaired) electrons. The summed E-state index contributed by atoms with van der Waals surface area (Å²) in [6, 6.07) is 6.73. The molecule has 4 amide bonds.